The van der Waals surface area contributed by atoms with Crippen LogP contribution < -0.4 is 0 Å². The molecule has 112 valence electrons. The summed E-state index contributed by atoms with van der Waals surface area (Å²) in [5.41, 5.74) is -1.45. The van der Waals surface area contributed by atoms with E-state index in [1.165, 1.54) is 6.07 Å². The molecule has 11 heteroatoms. The molecule has 0 amide bonds. The fourth-order valence-corrected chi connectivity index (χ4v) is 2.35. The molecule has 1 aromatic carbocycles. The molecular formula is C10H6ClF3N4O2S. The molecule has 21 heavy (non-hydrogen) atoms. The van der Waals surface area contributed by atoms with E-state index in [0.29, 0.717) is 11.8 Å². The average molecular weight is 339 g/mol. The number of aliphatic carboxylic acids is 1. The van der Waals surface area contributed by atoms with E-state index in [1.54, 1.807) is 0 Å². The van der Waals surface area contributed by atoms with E-state index in [2.05, 4.69) is 15.5 Å². The van der Waals surface area contributed by atoms with Gasteiger partial charge in [0.1, 0.15) is 5.69 Å². The van der Waals surface area contributed by atoms with E-state index in [0.717, 1.165) is 16.8 Å². The summed E-state index contributed by atoms with van der Waals surface area (Å²) in [4.78, 5) is 10.5. The fraction of sp³-hybridized carbons (Fsp3) is 0.200. The maximum Gasteiger partial charge on any atom is 0.418 e. The van der Waals surface area contributed by atoms with Crippen molar-refractivity contribution in [1.82, 2.24) is 20.2 Å². The molecule has 0 fully saturated rings. The van der Waals surface area contributed by atoms with Crippen molar-refractivity contribution >= 4 is 29.3 Å². The Morgan fingerprint density at radius 3 is 2.76 bits per heavy atom. The number of carboxylic acids is 1. The van der Waals surface area contributed by atoms with Crippen LogP contribution in [-0.2, 0) is 11.0 Å². The summed E-state index contributed by atoms with van der Waals surface area (Å²) < 4.78 is 39.9. The summed E-state index contributed by atoms with van der Waals surface area (Å²) in [6.45, 7) is 0. The number of thioether (sulfide) groups is 1. The first kappa shape index (κ1) is 15.6. The van der Waals surface area contributed by atoms with E-state index < -0.39 is 29.1 Å². The molecule has 0 unspecified atom stereocenters. The minimum Gasteiger partial charge on any atom is -0.481 e. The molecule has 0 saturated carbocycles. The topological polar surface area (TPSA) is 80.9 Å². The standard InChI is InChI=1S/C10H6ClF3N4O2S/c11-6-3-1-2-5(10(12,13)14)8(6)18-9(15-16-17-18)21-4-7(19)20/h1-3H,4H2,(H,19,20). The van der Waals surface area contributed by atoms with Gasteiger partial charge in [-0.1, -0.05) is 29.4 Å². The zero-order chi connectivity index (χ0) is 15.6. The monoisotopic (exact) mass is 338 g/mol. The van der Waals surface area contributed by atoms with Gasteiger partial charge in [0.05, 0.1) is 16.3 Å². The second-order valence-electron chi connectivity index (χ2n) is 3.69. The number of tetrazole rings is 1. The molecule has 0 aliphatic carbocycles. The summed E-state index contributed by atoms with van der Waals surface area (Å²) in [5.74, 6) is -1.55. The molecule has 0 saturated heterocycles. The molecule has 1 aromatic heterocycles. The molecule has 0 radical (unpaired) electrons. The number of aromatic nitrogens is 4. The number of para-hydroxylation sites is 1. The van der Waals surface area contributed by atoms with E-state index in [9.17, 15) is 18.0 Å². The summed E-state index contributed by atoms with van der Waals surface area (Å²) in [6, 6.07) is 3.26. The molecule has 0 aliphatic rings. The number of rotatable bonds is 4. The maximum atomic E-state index is 13.0. The second-order valence-corrected chi connectivity index (χ2v) is 5.04. The highest BCUT2D eigenvalue weighted by molar-refractivity contribution is 7.99. The lowest BCUT2D eigenvalue weighted by Crippen LogP contribution is -2.13. The van der Waals surface area contributed by atoms with Crippen molar-refractivity contribution in [1.29, 1.82) is 0 Å². The second kappa shape index (κ2) is 5.90. The number of hydrogen-bond donors (Lipinski definition) is 1. The Kier molecular flexibility index (Phi) is 4.37. The highest BCUT2D eigenvalue weighted by Gasteiger charge is 2.36. The zero-order valence-electron chi connectivity index (χ0n) is 10.0. The molecule has 0 atom stereocenters. The van der Waals surface area contributed by atoms with Gasteiger partial charge in [0.2, 0.25) is 5.16 Å². The van der Waals surface area contributed by atoms with Gasteiger partial charge in [-0.25, -0.2) is 0 Å². The third-order valence-corrected chi connectivity index (χ3v) is 3.48. The van der Waals surface area contributed by atoms with Gasteiger partial charge in [-0.15, -0.1) is 5.10 Å². The molecular weight excluding hydrogens is 333 g/mol. The normalized spacial score (nSPS) is 11.6. The Hall–Kier alpha value is -1.81. The maximum absolute atomic E-state index is 13.0. The van der Waals surface area contributed by atoms with Crippen molar-refractivity contribution in [3.05, 3.63) is 28.8 Å². The Bertz CT molecular complexity index is 677. The number of benzene rings is 1. The minimum absolute atomic E-state index is 0.101. The van der Waals surface area contributed by atoms with Crippen LogP contribution in [0.2, 0.25) is 5.02 Å². The Morgan fingerprint density at radius 2 is 2.14 bits per heavy atom. The van der Waals surface area contributed by atoms with Gasteiger partial charge < -0.3 is 5.11 Å². The SMILES string of the molecule is O=C(O)CSc1nnnn1-c1c(Cl)cccc1C(F)(F)F. The van der Waals surface area contributed by atoms with Gasteiger partial charge in [0.25, 0.3) is 0 Å². The summed E-state index contributed by atoms with van der Waals surface area (Å²) in [5, 5.41) is 18.5. The first-order valence-electron chi connectivity index (χ1n) is 5.29. The van der Waals surface area contributed by atoms with Crippen molar-refractivity contribution < 1.29 is 23.1 Å². The highest BCUT2D eigenvalue weighted by Crippen LogP contribution is 2.37. The third kappa shape index (κ3) is 3.45. The predicted molar refractivity (Wildman–Crippen MR) is 67.5 cm³/mol. The molecule has 2 aromatic rings. The Morgan fingerprint density at radius 1 is 1.43 bits per heavy atom. The smallest absolute Gasteiger partial charge is 0.418 e. The van der Waals surface area contributed by atoms with Gasteiger partial charge in [-0.2, -0.15) is 17.9 Å². The number of hydrogen-bond acceptors (Lipinski definition) is 5. The summed E-state index contributed by atoms with van der Waals surface area (Å²) in [7, 11) is 0. The molecule has 1 N–H and O–H groups in total. The van der Waals surface area contributed by atoms with Crippen molar-refractivity contribution in [2.75, 3.05) is 5.75 Å². The molecule has 0 aliphatic heterocycles. The molecule has 0 bridgehead atoms. The lowest BCUT2D eigenvalue weighted by Gasteiger charge is -2.14. The quantitative estimate of drug-likeness (QED) is 0.863. The van der Waals surface area contributed by atoms with Crippen molar-refractivity contribution in [2.24, 2.45) is 0 Å². The van der Waals surface area contributed by atoms with Crippen LogP contribution in [0.5, 0.6) is 0 Å². The first-order valence-corrected chi connectivity index (χ1v) is 6.66. The van der Waals surface area contributed by atoms with E-state index in [4.69, 9.17) is 16.7 Å². The number of halogens is 4. The van der Waals surface area contributed by atoms with E-state index in [1.807, 2.05) is 0 Å². The Balaban J connectivity index is 2.53. The number of nitrogens with zero attached hydrogens (tertiary/aromatic N) is 4. The van der Waals surface area contributed by atoms with Gasteiger partial charge in [-0.05, 0) is 22.6 Å². The van der Waals surface area contributed by atoms with Gasteiger partial charge in [-0.3, -0.25) is 4.79 Å². The number of alkyl halides is 3. The van der Waals surface area contributed by atoms with Crippen molar-refractivity contribution in [2.45, 2.75) is 11.3 Å². The molecule has 2 rings (SSSR count). The predicted octanol–water partition coefficient (Wildman–Crippen LogP) is 2.51. The molecule has 0 spiro atoms. The van der Waals surface area contributed by atoms with Crippen LogP contribution in [0.15, 0.2) is 23.4 Å². The van der Waals surface area contributed by atoms with Crippen LogP contribution in [-0.4, -0.2) is 37.0 Å². The van der Waals surface area contributed by atoms with Crippen LogP contribution in [0.1, 0.15) is 5.56 Å². The summed E-state index contributed by atoms with van der Waals surface area (Å²) >= 11 is 6.51. The minimum atomic E-state index is -4.65. The van der Waals surface area contributed by atoms with E-state index >= 15 is 0 Å². The lowest BCUT2D eigenvalue weighted by molar-refractivity contribution is -0.137. The van der Waals surface area contributed by atoms with Crippen LogP contribution >= 0.6 is 23.4 Å². The van der Waals surface area contributed by atoms with Crippen molar-refractivity contribution in [3.8, 4) is 5.69 Å². The molecule has 1 heterocycles. The van der Waals surface area contributed by atoms with Crippen molar-refractivity contribution in [3.63, 3.8) is 0 Å². The Labute approximate surface area is 124 Å². The zero-order valence-corrected chi connectivity index (χ0v) is 11.6. The lowest BCUT2D eigenvalue weighted by atomic mass is 10.1. The van der Waals surface area contributed by atoms with Crippen LogP contribution in [0, 0.1) is 0 Å². The number of carboxylic acid groups (broad SMARTS) is 1. The largest absolute Gasteiger partial charge is 0.481 e. The molecule has 6 nitrogen and oxygen atoms in total. The van der Waals surface area contributed by atoms with E-state index in [-0.39, 0.29) is 10.2 Å². The third-order valence-electron chi connectivity index (χ3n) is 2.27. The van der Waals surface area contributed by atoms with Crippen LogP contribution in [0.3, 0.4) is 0 Å². The summed E-state index contributed by atoms with van der Waals surface area (Å²) in [6.07, 6.45) is -4.65. The highest BCUT2D eigenvalue weighted by atomic mass is 35.5. The van der Waals surface area contributed by atoms with Gasteiger partial charge in [0.15, 0.2) is 0 Å². The average Bonchev–Trinajstić information content (AvgIpc) is 2.83. The van der Waals surface area contributed by atoms with Gasteiger partial charge >= 0.3 is 12.1 Å². The first-order chi connectivity index (χ1) is 9.80. The number of carbonyl (C=O) groups is 1. The van der Waals surface area contributed by atoms with Crippen LogP contribution in [0.4, 0.5) is 13.2 Å². The fourth-order valence-electron chi connectivity index (χ4n) is 1.49. The van der Waals surface area contributed by atoms with Crippen LogP contribution in [0.25, 0.3) is 5.69 Å². The van der Waals surface area contributed by atoms with Gasteiger partial charge in [0, 0.05) is 0 Å².